The van der Waals surface area contributed by atoms with E-state index in [9.17, 15) is 9.90 Å². The Hall–Kier alpha value is -0.610. The van der Waals surface area contributed by atoms with E-state index in [0.29, 0.717) is 25.5 Å². The van der Waals surface area contributed by atoms with Gasteiger partial charge < -0.3 is 14.7 Å². The number of ether oxygens (including phenoxy) is 1. The zero-order chi connectivity index (χ0) is 14.7. The van der Waals surface area contributed by atoms with Gasteiger partial charge in [-0.3, -0.25) is 4.79 Å². The molecule has 0 aromatic carbocycles. The lowest BCUT2D eigenvalue weighted by molar-refractivity contribution is -0.172. The van der Waals surface area contributed by atoms with E-state index in [-0.39, 0.29) is 5.97 Å². The maximum atomic E-state index is 12.1. The Morgan fingerprint density at radius 2 is 2.00 bits per heavy atom. The molecule has 0 radical (unpaired) electrons. The van der Waals surface area contributed by atoms with Crippen molar-refractivity contribution in [2.24, 2.45) is 5.41 Å². The highest BCUT2D eigenvalue weighted by molar-refractivity contribution is 5.77. The molecule has 0 spiro atoms. The molecule has 0 bridgehead atoms. The molecule has 0 saturated carbocycles. The summed E-state index contributed by atoms with van der Waals surface area (Å²) in [6.45, 7) is 11.9. The summed E-state index contributed by atoms with van der Waals surface area (Å²) in [5, 5.41) is 10.9. The van der Waals surface area contributed by atoms with Crippen LogP contribution < -0.4 is 0 Å². The number of hydrogen-bond acceptors (Lipinski definition) is 4. The topological polar surface area (TPSA) is 49.8 Å². The predicted octanol–water partition coefficient (Wildman–Crippen LogP) is 2.20. The molecule has 1 rings (SSSR count). The Balaban J connectivity index is 2.82. The van der Waals surface area contributed by atoms with Crippen LogP contribution in [0, 0.1) is 5.41 Å². The van der Waals surface area contributed by atoms with Gasteiger partial charge in [0.2, 0.25) is 0 Å². The molecule has 0 amide bonds. The normalized spacial score (nSPS) is 26.3. The first kappa shape index (κ1) is 16.4. The highest BCUT2D eigenvalue weighted by Crippen LogP contribution is 2.40. The number of likely N-dealkylation sites (tertiary alicyclic amines) is 1. The highest BCUT2D eigenvalue weighted by atomic mass is 16.5. The summed E-state index contributed by atoms with van der Waals surface area (Å²) in [6, 6.07) is 0.480. The molecule has 1 atom stereocenters. The molecule has 1 heterocycles. The molecule has 112 valence electrons. The molecule has 0 aromatic heterocycles. The lowest BCUT2D eigenvalue weighted by Gasteiger charge is -2.40. The standard InChI is InChI=1S/C15H29NO3/c1-6-19-13(17)14(4,5)15(18)8-7-10-16(11-9-15)12(2)3/h12,18H,6-11H2,1-5H3. The molecule has 1 saturated heterocycles. The molecule has 0 aromatic rings. The third-order valence-corrected chi connectivity index (χ3v) is 4.53. The van der Waals surface area contributed by atoms with E-state index in [4.69, 9.17) is 4.74 Å². The van der Waals surface area contributed by atoms with Crippen LogP contribution in [-0.2, 0) is 9.53 Å². The zero-order valence-corrected chi connectivity index (χ0v) is 13.0. The van der Waals surface area contributed by atoms with Crippen LogP contribution in [0.1, 0.15) is 53.9 Å². The van der Waals surface area contributed by atoms with Crippen LogP contribution in [0.25, 0.3) is 0 Å². The van der Waals surface area contributed by atoms with Crippen molar-refractivity contribution in [2.75, 3.05) is 19.7 Å². The third-order valence-electron chi connectivity index (χ3n) is 4.53. The Kier molecular flexibility index (Phi) is 5.39. The second kappa shape index (κ2) is 6.23. The number of esters is 1. The SMILES string of the molecule is CCOC(=O)C(C)(C)C1(O)CCCN(C(C)C)CC1. The average Bonchev–Trinajstić information content (AvgIpc) is 2.52. The number of carbonyl (C=O) groups is 1. The molecule has 1 fully saturated rings. The fourth-order valence-corrected chi connectivity index (χ4v) is 2.78. The minimum absolute atomic E-state index is 0.296. The maximum Gasteiger partial charge on any atom is 0.314 e. The second-order valence-corrected chi connectivity index (χ2v) is 6.36. The first-order chi connectivity index (χ1) is 8.74. The molecule has 0 aliphatic carbocycles. The van der Waals surface area contributed by atoms with Crippen LogP contribution in [0.3, 0.4) is 0 Å². The van der Waals surface area contributed by atoms with Gasteiger partial charge in [-0.05, 0) is 60.4 Å². The largest absolute Gasteiger partial charge is 0.465 e. The van der Waals surface area contributed by atoms with Gasteiger partial charge in [-0.1, -0.05) is 0 Å². The monoisotopic (exact) mass is 271 g/mol. The fraction of sp³-hybridized carbons (Fsp3) is 0.933. The molecule has 1 aliphatic heterocycles. The van der Waals surface area contributed by atoms with Gasteiger partial charge in [0.05, 0.1) is 17.6 Å². The summed E-state index contributed by atoms with van der Waals surface area (Å²) >= 11 is 0. The number of aliphatic hydroxyl groups is 1. The van der Waals surface area contributed by atoms with Gasteiger partial charge in [0.25, 0.3) is 0 Å². The molecule has 4 heteroatoms. The van der Waals surface area contributed by atoms with Crippen molar-refractivity contribution in [3.63, 3.8) is 0 Å². The van der Waals surface area contributed by atoms with Crippen LogP contribution in [-0.4, -0.2) is 47.3 Å². The van der Waals surface area contributed by atoms with Crippen molar-refractivity contribution >= 4 is 5.97 Å². The summed E-state index contributed by atoms with van der Waals surface area (Å²) in [5.74, 6) is -0.296. The van der Waals surface area contributed by atoms with E-state index >= 15 is 0 Å². The van der Waals surface area contributed by atoms with Gasteiger partial charge in [-0.15, -0.1) is 0 Å². The molecule has 19 heavy (non-hydrogen) atoms. The average molecular weight is 271 g/mol. The molecule has 1 aliphatic rings. The summed E-state index contributed by atoms with van der Waals surface area (Å²) in [6.07, 6.45) is 2.19. The van der Waals surface area contributed by atoms with Crippen molar-refractivity contribution in [2.45, 2.75) is 65.5 Å². The van der Waals surface area contributed by atoms with Crippen LogP contribution in [0.4, 0.5) is 0 Å². The van der Waals surface area contributed by atoms with E-state index in [1.807, 2.05) is 0 Å². The lowest BCUT2D eigenvalue weighted by atomic mass is 9.70. The van der Waals surface area contributed by atoms with Crippen molar-refractivity contribution in [1.82, 2.24) is 4.90 Å². The first-order valence-corrected chi connectivity index (χ1v) is 7.38. The molecule has 1 unspecified atom stereocenters. The Labute approximate surface area is 117 Å². The fourth-order valence-electron chi connectivity index (χ4n) is 2.78. The summed E-state index contributed by atoms with van der Waals surface area (Å²) < 4.78 is 5.13. The van der Waals surface area contributed by atoms with E-state index < -0.39 is 11.0 Å². The minimum Gasteiger partial charge on any atom is -0.465 e. The summed E-state index contributed by atoms with van der Waals surface area (Å²) in [7, 11) is 0. The van der Waals surface area contributed by atoms with Crippen LogP contribution in [0.5, 0.6) is 0 Å². The Bertz CT molecular complexity index is 315. The van der Waals surface area contributed by atoms with Gasteiger partial charge >= 0.3 is 5.97 Å². The highest BCUT2D eigenvalue weighted by Gasteiger charge is 2.50. The van der Waals surface area contributed by atoms with Crippen molar-refractivity contribution in [1.29, 1.82) is 0 Å². The van der Waals surface area contributed by atoms with Crippen LogP contribution in [0.15, 0.2) is 0 Å². The smallest absolute Gasteiger partial charge is 0.314 e. The van der Waals surface area contributed by atoms with Crippen LogP contribution >= 0.6 is 0 Å². The predicted molar refractivity (Wildman–Crippen MR) is 75.9 cm³/mol. The number of rotatable bonds is 4. The van der Waals surface area contributed by atoms with Crippen molar-refractivity contribution in [3.8, 4) is 0 Å². The van der Waals surface area contributed by atoms with Gasteiger partial charge in [0.1, 0.15) is 0 Å². The quantitative estimate of drug-likeness (QED) is 0.796. The third kappa shape index (κ3) is 3.48. The maximum absolute atomic E-state index is 12.1. The summed E-state index contributed by atoms with van der Waals surface area (Å²) in [4.78, 5) is 14.5. The van der Waals surface area contributed by atoms with E-state index in [1.54, 1.807) is 20.8 Å². The lowest BCUT2D eigenvalue weighted by Crippen LogP contribution is -2.51. The first-order valence-electron chi connectivity index (χ1n) is 7.38. The van der Waals surface area contributed by atoms with Crippen molar-refractivity contribution in [3.05, 3.63) is 0 Å². The van der Waals surface area contributed by atoms with Gasteiger partial charge in [-0.25, -0.2) is 0 Å². The van der Waals surface area contributed by atoms with E-state index in [1.165, 1.54) is 0 Å². The minimum atomic E-state index is -0.969. The number of carbonyl (C=O) groups excluding carboxylic acids is 1. The van der Waals surface area contributed by atoms with Crippen molar-refractivity contribution < 1.29 is 14.6 Å². The van der Waals surface area contributed by atoms with Crippen LogP contribution in [0.2, 0.25) is 0 Å². The Morgan fingerprint density at radius 3 is 2.53 bits per heavy atom. The summed E-state index contributed by atoms with van der Waals surface area (Å²) in [5.41, 5.74) is -1.82. The molecular weight excluding hydrogens is 242 g/mol. The van der Waals surface area contributed by atoms with Gasteiger partial charge in [-0.2, -0.15) is 0 Å². The second-order valence-electron chi connectivity index (χ2n) is 6.36. The van der Waals surface area contributed by atoms with E-state index in [0.717, 1.165) is 19.5 Å². The number of hydrogen-bond donors (Lipinski definition) is 1. The molecular formula is C15H29NO3. The van der Waals surface area contributed by atoms with Gasteiger partial charge in [0, 0.05) is 12.6 Å². The molecule has 4 nitrogen and oxygen atoms in total. The number of nitrogens with zero attached hydrogens (tertiary/aromatic N) is 1. The zero-order valence-electron chi connectivity index (χ0n) is 13.0. The molecule has 1 N–H and O–H groups in total. The van der Waals surface area contributed by atoms with Gasteiger partial charge in [0.15, 0.2) is 0 Å². The Morgan fingerprint density at radius 1 is 1.37 bits per heavy atom. The van der Waals surface area contributed by atoms with E-state index in [2.05, 4.69) is 18.7 Å².